The molecule has 0 fully saturated rings. The molecule has 0 spiro atoms. The fraction of sp³-hybridized carbons (Fsp3) is 0.235. The molecule has 2 N–H and O–H groups in total. The molecule has 1 amide bonds. The molecule has 22 heavy (non-hydrogen) atoms. The molecule has 0 aliphatic rings. The number of carbonyl (C=O) groups excluding carboxylic acids is 1. The van der Waals surface area contributed by atoms with E-state index in [0.29, 0.717) is 5.02 Å². The van der Waals surface area contributed by atoms with Crippen LogP contribution in [-0.2, 0) is 4.79 Å². The summed E-state index contributed by atoms with van der Waals surface area (Å²) >= 11 is 6.08. The molecule has 0 heterocycles. The molecule has 1 atom stereocenters. The molecule has 2 aromatic rings. The van der Waals surface area contributed by atoms with Gasteiger partial charge in [-0.15, -0.1) is 0 Å². The van der Waals surface area contributed by atoms with Crippen molar-refractivity contribution < 1.29 is 9.53 Å². The topological polar surface area (TPSA) is 50.4 Å². The van der Waals surface area contributed by atoms with E-state index in [1.165, 1.54) is 0 Å². The van der Waals surface area contributed by atoms with Crippen LogP contribution in [0.15, 0.2) is 42.5 Å². The molecule has 4 nitrogen and oxygen atoms in total. The molecule has 0 aliphatic heterocycles. The summed E-state index contributed by atoms with van der Waals surface area (Å²) in [6, 6.07) is 12.4. The van der Waals surface area contributed by atoms with E-state index in [1.54, 1.807) is 38.3 Å². The van der Waals surface area contributed by atoms with Crippen LogP contribution in [0.2, 0.25) is 5.02 Å². The van der Waals surface area contributed by atoms with Crippen LogP contribution in [0.1, 0.15) is 12.5 Å². The monoisotopic (exact) mass is 318 g/mol. The van der Waals surface area contributed by atoms with Crippen molar-refractivity contribution in [1.82, 2.24) is 0 Å². The van der Waals surface area contributed by atoms with E-state index < -0.39 is 0 Å². The van der Waals surface area contributed by atoms with Crippen LogP contribution < -0.4 is 15.4 Å². The van der Waals surface area contributed by atoms with Gasteiger partial charge in [-0.2, -0.15) is 0 Å². The van der Waals surface area contributed by atoms with Crippen LogP contribution >= 0.6 is 11.6 Å². The number of rotatable bonds is 5. The summed E-state index contributed by atoms with van der Waals surface area (Å²) in [5, 5.41) is 6.65. The number of benzene rings is 2. The fourth-order valence-electron chi connectivity index (χ4n) is 1.92. The quantitative estimate of drug-likeness (QED) is 0.872. The van der Waals surface area contributed by atoms with Gasteiger partial charge in [-0.05, 0) is 55.8 Å². The number of anilines is 2. The van der Waals surface area contributed by atoms with Gasteiger partial charge in [0.15, 0.2) is 0 Å². The number of aryl methyl sites for hydroxylation is 1. The van der Waals surface area contributed by atoms with Gasteiger partial charge in [0.2, 0.25) is 5.91 Å². The first-order chi connectivity index (χ1) is 10.5. The third kappa shape index (κ3) is 4.15. The Balaban J connectivity index is 1.97. The Morgan fingerprint density at radius 2 is 1.77 bits per heavy atom. The summed E-state index contributed by atoms with van der Waals surface area (Å²) in [5.41, 5.74) is 2.54. The molecular formula is C17H19ClN2O2. The summed E-state index contributed by atoms with van der Waals surface area (Å²) in [5.74, 6) is 0.625. The van der Waals surface area contributed by atoms with Crippen molar-refractivity contribution in [3.8, 4) is 5.75 Å². The third-order valence-electron chi connectivity index (χ3n) is 3.31. The Bertz CT molecular complexity index is 656. The maximum absolute atomic E-state index is 12.2. The van der Waals surface area contributed by atoms with Crippen molar-refractivity contribution in [3.05, 3.63) is 53.1 Å². The molecule has 0 radical (unpaired) electrons. The number of methoxy groups -OCH3 is 1. The molecular weight excluding hydrogens is 300 g/mol. The lowest BCUT2D eigenvalue weighted by Gasteiger charge is -2.16. The van der Waals surface area contributed by atoms with E-state index in [1.807, 2.05) is 25.1 Å². The number of hydrogen-bond acceptors (Lipinski definition) is 3. The molecule has 0 aliphatic carbocycles. The zero-order valence-electron chi connectivity index (χ0n) is 12.8. The lowest BCUT2D eigenvalue weighted by molar-refractivity contribution is -0.116. The lowest BCUT2D eigenvalue weighted by atomic mass is 10.2. The predicted octanol–water partition coefficient (Wildman–Crippen LogP) is 4.10. The van der Waals surface area contributed by atoms with Gasteiger partial charge >= 0.3 is 0 Å². The number of nitrogens with one attached hydrogen (secondary N) is 2. The van der Waals surface area contributed by atoms with E-state index in [2.05, 4.69) is 10.6 Å². The van der Waals surface area contributed by atoms with E-state index in [4.69, 9.17) is 16.3 Å². The minimum absolute atomic E-state index is 0.123. The predicted molar refractivity (Wildman–Crippen MR) is 90.9 cm³/mol. The van der Waals surface area contributed by atoms with Gasteiger partial charge in [0.05, 0.1) is 7.11 Å². The molecule has 0 saturated carbocycles. The first-order valence-electron chi connectivity index (χ1n) is 6.97. The van der Waals surface area contributed by atoms with Crippen LogP contribution in [-0.4, -0.2) is 19.1 Å². The van der Waals surface area contributed by atoms with Crippen LogP contribution in [0.25, 0.3) is 0 Å². The Hall–Kier alpha value is -2.20. The van der Waals surface area contributed by atoms with Gasteiger partial charge in [-0.1, -0.05) is 17.7 Å². The van der Waals surface area contributed by atoms with Crippen LogP contribution in [0.3, 0.4) is 0 Å². The Morgan fingerprint density at radius 1 is 1.14 bits per heavy atom. The van der Waals surface area contributed by atoms with Gasteiger partial charge < -0.3 is 15.4 Å². The normalized spacial score (nSPS) is 11.6. The van der Waals surface area contributed by atoms with Crippen molar-refractivity contribution >= 4 is 28.9 Å². The zero-order chi connectivity index (χ0) is 16.1. The van der Waals surface area contributed by atoms with E-state index in [0.717, 1.165) is 22.7 Å². The Kier molecular flexibility index (Phi) is 5.28. The molecule has 5 heteroatoms. The maximum Gasteiger partial charge on any atom is 0.246 e. The summed E-state index contributed by atoms with van der Waals surface area (Å²) in [6.07, 6.45) is 0. The number of amides is 1. The molecule has 0 bridgehead atoms. The van der Waals surface area contributed by atoms with Crippen molar-refractivity contribution in [2.24, 2.45) is 0 Å². The van der Waals surface area contributed by atoms with Crippen LogP contribution in [0.4, 0.5) is 11.4 Å². The van der Waals surface area contributed by atoms with Crippen molar-refractivity contribution in [2.75, 3.05) is 17.7 Å². The zero-order valence-corrected chi connectivity index (χ0v) is 13.6. The van der Waals surface area contributed by atoms with Crippen molar-refractivity contribution in [1.29, 1.82) is 0 Å². The summed E-state index contributed by atoms with van der Waals surface area (Å²) in [7, 11) is 1.60. The first kappa shape index (κ1) is 16.2. The minimum atomic E-state index is -0.388. The van der Waals surface area contributed by atoms with Gasteiger partial charge in [-0.3, -0.25) is 4.79 Å². The Morgan fingerprint density at radius 3 is 2.36 bits per heavy atom. The van der Waals surface area contributed by atoms with E-state index >= 15 is 0 Å². The SMILES string of the molecule is COc1ccc(NC(=O)[C@@H](C)Nc2ccc(C)c(Cl)c2)cc1. The highest BCUT2D eigenvalue weighted by Gasteiger charge is 2.13. The van der Waals surface area contributed by atoms with Crippen LogP contribution in [0.5, 0.6) is 5.75 Å². The highest BCUT2D eigenvalue weighted by molar-refractivity contribution is 6.31. The average Bonchev–Trinajstić information content (AvgIpc) is 2.51. The standard InChI is InChI=1S/C17H19ClN2O2/c1-11-4-5-14(10-16(11)18)19-12(2)17(21)20-13-6-8-15(22-3)9-7-13/h4-10,12,19H,1-3H3,(H,20,21)/t12-/m1/s1. The average molecular weight is 319 g/mol. The highest BCUT2D eigenvalue weighted by atomic mass is 35.5. The van der Waals surface area contributed by atoms with Gasteiger partial charge in [-0.25, -0.2) is 0 Å². The number of hydrogen-bond donors (Lipinski definition) is 2. The van der Waals surface area contributed by atoms with Crippen LogP contribution in [0, 0.1) is 6.92 Å². The second-order valence-electron chi connectivity index (χ2n) is 5.05. The summed E-state index contributed by atoms with van der Waals surface area (Å²) in [4.78, 5) is 12.2. The molecule has 0 aromatic heterocycles. The minimum Gasteiger partial charge on any atom is -0.497 e. The van der Waals surface area contributed by atoms with E-state index in [-0.39, 0.29) is 11.9 Å². The highest BCUT2D eigenvalue weighted by Crippen LogP contribution is 2.21. The largest absolute Gasteiger partial charge is 0.497 e. The molecule has 2 rings (SSSR count). The molecule has 0 saturated heterocycles. The van der Waals surface area contributed by atoms with E-state index in [9.17, 15) is 4.79 Å². The van der Waals surface area contributed by atoms with Gasteiger partial charge in [0.1, 0.15) is 11.8 Å². The first-order valence-corrected chi connectivity index (χ1v) is 7.35. The maximum atomic E-state index is 12.2. The molecule has 0 unspecified atom stereocenters. The molecule has 2 aromatic carbocycles. The van der Waals surface area contributed by atoms with Gasteiger partial charge in [0.25, 0.3) is 0 Å². The number of carbonyl (C=O) groups is 1. The van der Waals surface area contributed by atoms with Crippen molar-refractivity contribution in [3.63, 3.8) is 0 Å². The fourth-order valence-corrected chi connectivity index (χ4v) is 2.10. The van der Waals surface area contributed by atoms with Gasteiger partial charge in [0, 0.05) is 16.4 Å². The Labute approximate surface area is 135 Å². The second kappa shape index (κ2) is 7.18. The third-order valence-corrected chi connectivity index (χ3v) is 3.71. The summed E-state index contributed by atoms with van der Waals surface area (Å²) < 4.78 is 5.08. The number of halogens is 1. The summed E-state index contributed by atoms with van der Waals surface area (Å²) in [6.45, 7) is 3.73. The number of ether oxygens (including phenoxy) is 1. The smallest absolute Gasteiger partial charge is 0.246 e. The second-order valence-corrected chi connectivity index (χ2v) is 5.45. The lowest BCUT2D eigenvalue weighted by Crippen LogP contribution is -2.31. The molecule has 116 valence electrons. The van der Waals surface area contributed by atoms with Crippen molar-refractivity contribution in [2.45, 2.75) is 19.9 Å².